The number of benzene rings is 1. The Bertz CT molecular complexity index is 445. The number of hydrogen-bond acceptors (Lipinski definition) is 3. The van der Waals surface area contributed by atoms with Gasteiger partial charge in [0.2, 0.25) is 0 Å². The number of likely N-dealkylation sites (tertiary alicyclic amines) is 1. The van der Waals surface area contributed by atoms with E-state index in [9.17, 15) is 0 Å². The van der Waals surface area contributed by atoms with E-state index >= 15 is 0 Å². The SMILES string of the molecule is COc1ccc(CC(C)N2CC3CNCC3C2C)cc1. The summed E-state index contributed by atoms with van der Waals surface area (Å²) in [5.74, 6) is 2.66. The second-order valence-corrected chi connectivity index (χ2v) is 6.42. The summed E-state index contributed by atoms with van der Waals surface area (Å²) in [6.45, 7) is 8.45. The van der Waals surface area contributed by atoms with E-state index in [0.717, 1.165) is 24.0 Å². The van der Waals surface area contributed by atoms with E-state index in [-0.39, 0.29) is 0 Å². The molecule has 20 heavy (non-hydrogen) atoms. The highest BCUT2D eigenvalue weighted by Crippen LogP contribution is 2.34. The van der Waals surface area contributed by atoms with E-state index in [1.807, 2.05) is 0 Å². The van der Waals surface area contributed by atoms with Gasteiger partial charge in [0.05, 0.1) is 7.11 Å². The van der Waals surface area contributed by atoms with Gasteiger partial charge in [0.25, 0.3) is 0 Å². The smallest absolute Gasteiger partial charge is 0.118 e. The zero-order chi connectivity index (χ0) is 14.1. The third kappa shape index (κ3) is 2.57. The lowest BCUT2D eigenvalue weighted by Gasteiger charge is -2.30. The van der Waals surface area contributed by atoms with Crippen LogP contribution in [0.4, 0.5) is 0 Å². The molecule has 4 atom stereocenters. The Hall–Kier alpha value is -1.06. The number of nitrogens with one attached hydrogen (secondary N) is 1. The Morgan fingerprint density at radius 2 is 2.05 bits per heavy atom. The van der Waals surface area contributed by atoms with Crippen molar-refractivity contribution in [2.24, 2.45) is 11.8 Å². The fourth-order valence-electron chi connectivity index (χ4n) is 4.00. The van der Waals surface area contributed by atoms with Crippen LogP contribution < -0.4 is 10.1 Å². The molecule has 2 heterocycles. The van der Waals surface area contributed by atoms with Crippen LogP contribution in [0.25, 0.3) is 0 Å². The Balaban J connectivity index is 1.62. The van der Waals surface area contributed by atoms with Gasteiger partial charge in [-0.25, -0.2) is 0 Å². The molecule has 3 heteroatoms. The van der Waals surface area contributed by atoms with Crippen molar-refractivity contribution >= 4 is 0 Å². The van der Waals surface area contributed by atoms with Gasteiger partial charge in [-0.3, -0.25) is 4.90 Å². The zero-order valence-electron chi connectivity index (χ0n) is 12.8. The van der Waals surface area contributed by atoms with Gasteiger partial charge >= 0.3 is 0 Å². The van der Waals surface area contributed by atoms with Crippen LogP contribution in [-0.4, -0.2) is 43.7 Å². The average molecular weight is 274 g/mol. The summed E-state index contributed by atoms with van der Waals surface area (Å²) in [5.41, 5.74) is 1.40. The van der Waals surface area contributed by atoms with Crippen LogP contribution in [-0.2, 0) is 6.42 Å². The number of fused-ring (bicyclic) bond motifs is 1. The van der Waals surface area contributed by atoms with E-state index in [0.29, 0.717) is 12.1 Å². The third-order valence-electron chi connectivity index (χ3n) is 5.24. The molecule has 2 fully saturated rings. The van der Waals surface area contributed by atoms with Crippen LogP contribution >= 0.6 is 0 Å². The van der Waals surface area contributed by atoms with Crippen molar-refractivity contribution < 1.29 is 4.74 Å². The van der Waals surface area contributed by atoms with Crippen molar-refractivity contribution in [3.63, 3.8) is 0 Å². The predicted octanol–water partition coefficient (Wildman–Crippen LogP) is 2.17. The first-order valence-electron chi connectivity index (χ1n) is 7.78. The Morgan fingerprint density at radius 3 is 2.70 bits per heavy atom. The number of nitrogens with zero attached hydrogens (tertiary/aromatic N) is 1. The molecule has 0 aromatic heterocycles. The molecule has 1 aromatic rings. The molecule has 0 spiro atoms. The number of hydrogen-bond donors (Lipinski definition) is 1. The fraction of sp³-hybridized carbons (Fsp3) is 0.647. The van der Waals surface area contributed by atoms with Gasteiger partial charge in [-0.15, -0.1) is 0 Å². The summed E-state index contributed by atoms with van der Waals surface area (Å²) in [4.78, 5) is 2.71. The third-order valence-corrected chi connectivity index (χ3v) is 5.24. The topological polar surface area (TPSA) is 24.5 Å². The molecule has 2 saturated heterocycles. The minimum atomic E-state index is 0.615. The largest absolute Gasteiger partial charge is 0.497 e. The first-order chi connectivity index (χ1) is 9.69. The number of methoxy groups -OCH3 is 1. The lowest BCUT2D eigenvalue weighted by Crippen LogP contribution is -2.40. The average Bonchev–Trinajstić information content (AvgIpc) is 3.03. The van der Waals surface area contributed by atoms with Crippen molar-refractivity contribution in [2.45, 2.75) is 32.4 Å². The Labute approximate surface area is 122 Å². The summed E-state index contributed by atoms with van der Waals surface area (Å²) >= 11 is 0. The Kier molecular flexibility index (Phi) is 3.99. The summed E-state index contributed by atoms with van der Waals surface area (Å²) in [7, 11) is 1.72. The molecule has 0 aliphatic carbocycles. The molecule has 0 radical (unpaired) electrons. The van der Waals surface area contributed by atoms with E-state index < -0.39 is 0 Å². The van der Waals surface area contributed by atoms with Gasteiger partial charge in [-0.1, -0.05) is 12.1 Å². The summed E-state index contributed by atoms with van der Waals surface area (Å²) < 4.78 is 5.22. The number of rotatable bonds is 4. The normalized spacial score (nSPS) is 31.2. The van der Waals surface area contributed by atoms with Crippen molar-refractivity contribution in [2.75, 3.05) is 26.7 Å². The van der Waals surface area contributed by atoms with Crippen molar-refractivity contribution in [1.29, 1.82) is 0 Å². The molecule has 1 N–H and O–H groups in total. The lowest BCUT2D eigenvalue weighted by molar-refractivity contribution is 0.180. The van der Waals surface area contributed by atoms with Gasteiger partial charge in [0.1, 0.15) is 5.75 Å². The first-order valence-corrected chi connectivity index (χ1v) is 7.78. The minimum absolute atomic E-state index is 0.615. The molecule has 110 valence electrons. The minimum Gasteiger partial charge on any atom is -0.497 e. The van der Waals surface area contributed by atoms with E-state index in [1.165, 1.54) is 25.2 Å². The van der Waals surface area contributed by atoms with Crippen LogP contribution in [0.1, 0.15) is 19.4 Å². The van der Waals surface area contributed by atoms with Gasteiger partial charge in [-0.05, 0) is 62.9 Å². The van der Waals surface area contributed by atoms with E-state index in [4.69, 9.17) is 4.74 Å². The second kappa shape index (κ2) is 5.74. The van der Waals surface area contributed by atoms with Crippen molar-refractivity contribution in [1.82, 2.24) is 10.2 Å². The maximum absolute atomic E-state index is 5.22. The quantitative estimate of drug-likeness (QED) is 0.910. The highest BCUT2D eigenvalue weighted by Gasteiger charge is 2.42. The molecule has 2 aliphatic rings. The molecule has 0 bridgehead atoms. The molecule has 4 unspecified atom stereocenters. The van der Waals surface area contributed by atoms with E-state index in [1.54, 1.807) is 7.11 Å². The van der Waals surface area contributed by atoms with Crippen molar-refractivity contribution in [3.05, 3.63) is 29.8 Å². The molecule has 0 amide bonds. The zero-order valence-corrected chi connectivity index (χ0v) is 12.8. The molecular formula is C17H26N2O. The molecule has 1 aromatic carbocycles. The van der Waals surface area contributed by atoms with Crippen LogP contribution in [0.2, 0.25) is 0 Å². The van der Waals surface area contributed by atoms with Crippen LogP contribution in [0.15, 0.2) is 24.3 Å². The fourth-order valence-corrected chi connectivity index (χ4v) is 4.00. The number of ether oxygens (including phenoxy) is 1. The maximum Gasteiger partial charge on any atom is 0.118 e. The maximum atomic E-state index is 5.22. The van der Waals surface area contributed by atoms with Crippen molar-refractivity contribution in [3.8, 4) is 5.75 Å². The van der Waals surface area contributed by atoms with E-state index in [2.05, 4.69) is 48.3 Å². The van der Waals surface area contributed by atoms with Gasteiger partial charge in [0.15, 0.2) is 0 Å². The molecular weight excluding hydrogens is 248 g/mol. The van der Waals surface area contributed by atoms with Crippen LogP contribution in [0.3, 0.4) is 0 Å². The van der Waals surface area contributed by atoms with Crippen LogP contribution in [0, 0.1) is 11.8 Å². The van der Waals surface area contributed by atoms with Gasteiger partial charge in [0, 0.05) is 18.6 Å². The highest BCUT2D eigenvalue weighted by atomic mass is 16.5. The molecule has 0 saturated carbocycles. The van der Waals surface area contributed by atoms with Gasteiger partial charge in [-0.2, -0.15) is 0 Å². The lowest BCUT2D eigenvalue weighted by atomic mass is 9.95. The summed E-state index contributed by atoms with van der Waals surface area (Å²) in [6.07, 6.45) is 1.13. The molecule has 3 rings (SSSR count). The summed E-state index contributed by atoms with van der Waals surface area (Å²) in [6, 6.07) is 9.84. The monoisotopic (exact) mass is 274 g/mol. The standard InChI is InChI=1S/C17H26N2O/c1-12(8-14-4-6-16(20-3)7-5-14)19-11-15-9-18-10-17(15)13(19)2/h4-7,12-13,15,17-18H,8-11H2,1-3H3. The molecule has 3 nitrogen and oxygen atoms in total. The van der Waals surface area contributed by atoms with Gasteiger partial charge < -0.3 is 10.1 Å². The Morgan fingerprint density at radius 1 is 1.30 bits per heavy atom. The predicted molar refractivity (Wildman–Crippen MR) is 82.2 cm³/mol. The summed E-state index contributed by atoms with van der Waals surface area (Å²) in [5, 5.41) is 3.54. The second-order valence-electron chi connectivity index (χ2n) is 6.42. The molecule has 2 aliphatic heterocycles. The van der Waals surface area contributed by atoms with Crippen LogP contribution in [0.5, 0.6) is 5.75 Å². The first kappa shape index (κ1) is 13.9. The highest BCUT2D eigenvalue weighted by molar-refractivity contribution is 5.27.